The van der Waals surface area contributed by atoms with Gasteiger partial charge in [0.15, 0.2) is 17.2 Å². The first kappa shape index (κ1) is 18.5. The number of fused-ring (bicyclic) bond motifs is 1. The van der Waals surface area contributed by atoms with Crippen molar-refractivity contribution in [2.24, 2.45) is 5.14 Å². The Kier molecular flexibility index (Phi) is 4.56. The van der Waals surface area contributed by atoms with Crippen LogP contribution in [0.4, 0.5) is 0 Å². The number of rotatable bonds is 6. The Morgan fingerprint density at radius 3 is 2.79 bits per heavy atom. The highest BCUT2D eigenvalue weighted by Gasteiger charge is 2.17. The normalized spacial score (nSPS) is 13.2. The second-order valence-electron chi connectivity index (χ2n) is 6.79. The van der Waals surface area contributed by atoms with Crippen molar-refractivity contribution in [1.29, 1.82) is 0 Å². The molecule has 0 saturated heterocycles. The molecule has 0 amide bonds. The average Bonchev–Trinajstić information content (AvgIpc) is 3.36. The van der Waals surface area contributed by atoms with Crippen LogP contribution in [-0.2, 0) is 10.0 Å². The topological polar surface area (TPSA) is 120 Å². The number of nitrogens with zero attached hydrogens (tertiary/aromatic N) is 3. The van der Waals surface area contributed by atoms with E-state index >= 15 is 0 Å². The maximum absolute atomic E-state index is 11.6. The minimum Gasteiger partial charge on any atom is -0.453 e. The Hall–Kier alpha value is -2.91. The van der Waals surface area contributed by atoms with Crippen molar-refractivity contribution in [2.45, 2.75) is 37.6 Å². The van der Waals surface area contributed by atoms with Crippen molar-refractivity contribution in [3.05, 3.63) is 42.6 Å². The molecular weight excluding hydrogens is 378 g/mol. The second kappa shape index (κ2) is 6.92. The molecule has 0 saturated carbocycles. The van der Waals surface area contributed by atoms with Gasteiger partial charge in [-0.2, -0.15) is 5.10 Å². The first-order valence-electron chi connectivity index (χ1n) is 9.03. The van der Waals surface area contributed by atoms with E-state index in [-0.39, 0.29) is 10.9 Å². The van der Waals surface area contributed by atoms with Gasteiger partial charge in [-0.1, -0.05) is 25.5 Å². The molecule has 28 heavy (non-hydrogen) atoms. The van der Waals surface area contributed by atoms with Crippen LogP contribution in [0, 0.1) is 0 Å². The second-order valence-corrected chi connectivity index (χ2v) is 8.35. The Bertz CT molecular complexity index is 1240. The third kappa shape index (κ3) is 3.34. The zero-order valence-electron chi connectivity index (χ0n) is 15.6. The van der Waals surface area contributed by atoms with Gasteiger partial charge in [-0.05, 0) is 37.6 Å². The molecular formula is C19H21N5O3S. The highest BCUT2D eigenvalue weighted by Crippen LogP contribution is 2.30. The molecule has 4 aromatic rings. The number of primary sulfonamides is 1. The van der Waals surface area contributed by atoms with E-state index in [0.717, 1.165) is 24.0 Å². The van der Waals surface area contributed by atoms with Crippen molar-refractivity contribution in [3.8, 4) is 22.9 Å². The van der Waals surface area contributed by atoms with E-state index in [1.807, 2.05) is 4.68 Å². The number of H-pyrrole nitrogens is 1. The molecule has 3 N–H and O–H groups in total. The van der Waals surface area contributed by atoms with Gasteiger partial charge in [-0.15, -0.1) is 0 Å². The van der Waals surface area contributed by atoms with Crippen LogP contribution in [0.3, 0.4) is 0 Å². The summed E-state index contributed by atoms with van der Waals surface area (Å²) in [6, 6.07) is 10.2. The largest absolute Gasteiger partial charge is 0.453 e. The fraction of sp³-hybridized carbons (Fsp3) is 0.263. The molecule has 0 aliphatic rings. The number of benzene rings is 1. The van der Waals surface area contributed by atoms with E-state index in [2.05, 4.69) is 28.9 Å². The van der Waals surface area contributed by atoms with Gasteiger partial charge in [0.25, 0.3) is 0 Å². The maximum atomic E-state index is 11.6. The fourth-order valence-electron chi connectivity index (χ4n) is 3.24. The van der Waals surface area contributed by atoms with E-state index in [9.17, 15) is 8.42 Å². The van der Waals surface area contributed by atoms with Crippen LogP contribution >= 0.6 is 0 Å². The standard InChI is InChI=1S/C19H21N5O3S/c1-3-5-12(2)24-19-15(11-21-24)22-18(23-19)17-9-8-16(27-17)13-6-4-7-14(10-13)28(20,25)26/h4,6-12H,3,5H2,1-2H3,(H,22,23)(H2,20,25,26)/t12-/m0/s1. The van der Waals surface area contributed by atoms with E-state index < -0.39 is 10.0 Å². The highest BCUT2D eigenvalue weighted by molar-refractivity contribution is 7.89. The Morgan fingerprint density at radius 2 is 2.04 bits per heavy atom. The summed E-state index contributed by atoms with van der Waals surface area (Å²) in [6.07, 6.45) is 3.85. The molecule has 3 heterocycles. The van der Waals surface area contributed by atoms with Crippen molar-refractivity contribution >= 4 is 21.2 Å². The number of furan rings is 1. The zero-order valence-corrected chi connectivity index (χ0v) is 16.4. The van der Waals surface area contributed by atoms with Crippen LogP contribution in [0.15, 0.2) is 51.9 Å². The van der Waals surface area contributed by atoms with Crippen molar-refractivity contribution < 1.29 is 12.8 Å². The lowest BCUT2D eigenvalue weighted by molar-refractivity contribution is 0.465. The average molecular weight is 399 g/mol. The Labute approximate surface area is 162 Å². The van der Waals surface area contributed by atoms with Crippen LogP contribution in [0.2, 0.25) is 0 Å². The molecule has 146 valence electrons. The molecule has 1 aromatic carbocycles. The molecule has 0 fully saturated rings. The fourth-order valence-corrected chi connectivity index (χ4v) is 3.80. The van der Waals surface area contributed by atoms with Crippen LogP contribution in [0.5, 0.6) is 0 Å². The molecule has 3 aromatic heterocycles. The maximum Gasteiger partial charge on any atom is 0.238 e. The summed E-state index contributed by atoms with van der Waals surface area (Å²) in [4.78, 5) is 7.91. The Morgan fingerprint density at radius 1 is 1.25 bits per heavy atom. The van der Waals surface area contributed by atoms with Crippen molar-refractivity contribution in [1.82, 2.24) is 19.7 Å². The SMILES string of the molecule is CCC[C@H](C)n1ncc2[nH]c(-c3ccc(-c4cccc(S(N)(=O)=O)c4)o3)nc21. The van der Waals surface area contributed by atoms with Gasteiger partial charge in [-0.3, -0.25) is 0 Å². The summed E-state index contributed by atoms with van der Waals surface area (Å²) in [7, 11) is -3.78. The number of nitrogens with two attached hydrogens (primary N) is 1. The van der Waals surface area contributed by atoms with Crippen molar-refractivity contribution in [2.75, 3.05) is 0 Å². The lowest BCUT2D eigenvalue weighted by Gasteiger charge is -2.10. The Balaban J connectivity index is 1.68. The highest BCUT2D eigenvalue weighted by atomic mass is 32.2. The quantitative estimate of drug-likeness (QED) is 0.512. The van der Waals surface area contributed by atoms with Crippen LogP contribution in [0.1, 0.15) is 32.7 Å². The molecule has 0 aliphatic heterocycles. The lowest BCUT2D eigenvalue weighted by Crippen LogP contribution is -2.11. The zero-order chi connectivity index (χ0) is 19.9. The summed E-state index contributed by atoms with van der Waals surface area (Å²) in [5, 5.41) is 9.63. The predicted octanol–water partition coefficient (Wildman–Crippen LogP) is 3.69. The van der Waals surface area contributed by atoms with Gasteiger partial charge in [0.1, 0.15) is 11.3 Å². The van der Waals surface area contributed by atoms with E-state index in [1.165, 1.54) is 12.1 Å². The smallest absolute Gasteiger partial charge is 0.238 e. The number of sulfonamides is 1. The molecule has 0 unspecified atom stereocenters. The minimum absolute atomic E-state index is 0.0386. The number of imidazole rings is 1. The summed E-state index contributed by atoms with van der Waals surface area (Å²) in [6.45, 7) is 4.26. The molecule has 0 aliphatic carbocycles. The number of hydrogen-bond acceptors (Lipinski definition) is 5. The van der Waals surface area contributed by atoms with Gasteiger partial charge in [-0.25, -0.2) is 23.2 Å². The lowest BCUT2D eigenvalue weighted by atomic mass is 10.2. The summed E-state index contributed by atoms with van der Waals surface area (Å²) in [5.41, 5.74) is 2.24. The summed E-state index contributed by atoms with van der Waals surface area (Å²) < 4.78 is 31.0. The first-order chi connectivity index (χ1) is 13.4. The van der Waals surface area contributed by atoms with Crippen LogP contribution in [0.25, 0.3) is 34.1 Å². The van der Waals surface area contributed by atoms with Gasteiger partial charge >= 0.3 is 0 Å². The summed E-state index contributed by atoms with van der Waals surface area (Å²) >= 11 is 0. The monoisotopic (exact) mass is 399 g/mol. The molecule has 8 nitrogen and oxygen atoms in total. The minimum atomic E-state index is -3.78. The van der Waals surface area contributed by atoms with E-state index in [0.29, 0.717) is 22.9 Å². The molecule has 0 radical (unpaired) electrons. The van der Waals surface area contributed by atoms with E-state index in [1.54, 1.807) is 30.5 Å². The third-order valence-electron chi connectivity index (χ3n) is 4.65. The summed E-state index contributed by atoms with van der Waals surface area (Å²) in [5.74, 6) is 1.68. The van der Waals surface area contributed by atoms with Crippen LogP contribution in [-0.4, -0.2) is 28.2 Å². The van der Waals surface area contributed by atoms with Crippen molar-refractivity contribution in [3.63, 3.8) is 0 Å². The number of aromatic amines is 1. The number of aromatic nitrogens is 4. The van der Waals surface area contributed by atoms with Gasteiger partial charge in [0.05, 0.1) is 17.1 Å². The molecule has 0 bridgehead atoms. The van der Waals surface area contributed by atoms with Gasteiger partial charge in [0, 0.05) is 5.56 Å². The number of hydrogen-bond donors (Lipinski definition) is 2. The van der Waals surface area contributed by atoms with Gasteiger partial charge in [0.2, 0.25) is 10.0 Å². The molecule has 0 spiro atoms. The number of nitrogens with one attached hydrogen (secondary N) is 1. The molecule has 1 atom stereocenters. The third-order valence-corrected chi connectivity index (χ3v) is 5.56. The van der Waals surface area contributed by atoms with E-state index in [4.69, 9.17) is 9.56 Å². The predicted molar refractivity (Wildman–Crippen MR) is 106 cm³/mol. The molecule has 4 rings (SSSR count). The van der Waals surface area contributed by atoms with Crippen LogP contribution < -0.4 is 5.14 Å². The molecule has 9 heteroatoms. The first-order valence-corrected chi connectivity index (χ1v) is 10.6. The van der Waals surface area contributed by atoms with Gasteiger partial charge < -0.3 is 9.40 Å².